The Kier molecular flexibility index (Phi) is 7.12. The normalized spacial score (nSPS) is 15.5. The monoisotopic (exact) mass is 479 g/mol. The van der Waals surface area contributed by atoms with Gasteiger partial charge in [-0.05, 0) is 56.5 Å². The Morgan fingerprint density at radius 2 is 2.00 bits per heavy atom. The molecule has 0 saturated heterocycles. The van der Waals surface area contributed by atoms with Gasteiger partial charge in [-0.25, -0.2) is 0 Å². The summed E-state index contributed by atoms with van der Waals surface area (Å²) >= 11 is 5.69. The molecule has 0 spiro atoms. The van der Waals surface area contributed by atoms with Crippen LogP contribution in [0.25, 0.3) is 0 Å². The van der Waals surface area contributed by atoms with Crippen LogP contribution in [0.5, 0.6) is 0 Å². The van der Waals surface area contributed by atoms with Gasteiger partial charge in [0, 0.05) is 5.02 Å². The Morgan fingerprint density at radius 3 is 2.55 bits per heavy atom. The van der Waals surface area contributed by atoms with E-state index in [1.807, 2.05) is 6.07 Å². The second-order valence-corrected chi connectivity index (χ2v) is 8.25. The zero-order valence-electron chi connectivity index (χ0n) is 17.6. The second kappa shape index (κ2) is 9.67. The number of hydrogen-bond acceptors (Lipinski definition) is 5. The lowest BCUT2D eigenvalue weighted by Gasteiger charge is -2.41. The summed E-state index contributed by atoms with van der Waals surface area (Å²) in [6.07, 6.45) is -1.50. The molecule has 1 aromatic carbocycles. The van der Waals surface area contributed by atoms with Crippen molar-refractivity contribution in [1.29, 1.82) is 5.26 Å². The first-order valence-corrected chi connectivity index (χ1v) is 10.5. The first-order chi connectivity index (χ1) is 15.5. The molecule has 3 N–H and O–H groups in total. The number of pyridine rings is 1. The van der Waals surface area contributed by atoms with Gasteiger partial charge in [0.05, 0.1) is 41.4 Å². The van der Waals surface area contributed by atoms with E-state index in [9.17, 15) is 22.8 Å². The molecule has 7 nitrogen and oxygen atoms in total. The van der Waals surface area contributed by atoms with Gasteiger partial charge in [0.1, 0.15) is 11.5 Å². The van der Waals surface area contributed by atoms with Gasteiger partial charge in [-0.15, -0.1) is 0 Å². The second-order valence-electron chi connectivity index (χ2n) is 7.81. The Morgan fingerprint density at radius 1 is 1.27 bits per heavy atom. The number of anilines is 2. The number of carbonyl (C=O) groups is 2. The quantitative estimate of drug-likeness (QED) is 0.548. The standard InChI is InChI=1S/C22H21ClF3N5O2/c1-13(10-27)19(32)31-21(7-2-8-21)20(33)29-11-15-4-5-16(12-28-15)30-18-6-3-14(23)9-17(18)22(24,25)26/h3-6,9,12-13,30H,2,7-8,11H2,1H3,(H,29,33)(H,31,32). The molecule has 0 bridgehead atoms. The number of carbonyl (C=O) groups excluding carboxylic acids is 2. The number of nitriles is 1. The number of hydrogen-bond donors (Lipinski definition) is 3. The highest BCUT2D eigenvalue weighted by Crippen LogP contribution is 2.37. The van der Waals surface area contributed by atoms with E-state index < -0.39 is 29.1 Å². The van der Waals surface area contributed by atoms with Crippen LogP contribution in [0.2, 0.25) is 5.02 Å². The molecule has 1 saturated carbocycles. The molecule has 3 rings (SSSR count). The van der Waals surface area contributed by atoms with Crippen LogP contribution >= 0.6 is 11.6 Å². The number of nitrogens with zero attached hydrogens (tertiary/aromatic N) is 2. The molecule has 0 aliphatic heterocycles. The predicted molar refractivity (Wildman–Crippen MR) is 115 cm³/mol. The largest absolute Gasteiger partial charge is 0.418 e. The highest BCUT2D eigenvalue weighted by Gasteiger charge is 2.45. The van der Waals surface area contributed by atoms with Crippen LogP contribution in [0.1, 0.15) is 37.4 Å². The SMILES string of the molecule is CC(C#N)C(=O)NC1(C(=O)NCc2ccc(Nc3ccc(Cl)cc3C(F)(F)F)cn2)CCC1. The van der Waals surface area contributed by atoms with Crippen LogP contribution in [-0.2, 0) is 22.3 Å². The molecule has 174 valence electrons. The number of nitrogens with one attached hydrogen (secondary N) is 3. The molecule has 2 aromatic rings. The van der Waals surface area contributed by atoms with Crippen molar-refractivity contribution >= 4 is 34.8 Å². The third-order valence-corrected chi connectivity index (χ3v) is 5.65. The van der Waals surface area contributed by atoms with E-state index >= 15 is 0 Å². The zero-order chi connectivity index (χ0) is 24.2. The molecule has 1 fully saturated rings. The van der Waals surface area contributed by atoms with Crippen molar-refractivity contribution < 1.29 is 22.8 Å². The lowest BCUT2D eigenvalue weighted by Crippen LogP contribution is -2.63. The summed E-state index contributed by atoms with van der Waals surface area (Å²) in [7, 11) is 0. The van der Waals surface area contributed by atoms with Crippen LogP contribution in [0.3, 0.4) is 0 Å². The molecule has 1 unspecified atom stereocenters. The molecule has 1 aromatic heterocycles. The van der Waals surface area contributed by atoms with Crippen LogP contribution < -0.4 is 16.0 Å². The lowest BCUT2D eigenvalue weighted by molar-refractivity contribution is -0.138. The first-order valence-electron chi connectivity index (χ1n) is 10.1. The van der Waals surface area contributed by atoms with E-state index in [0.717, 1.165) is 12.5 Å². The maximum absolute atomic E-state index is 13.2. The van der Waals surface area contributed by atoms with Crippen molar-refractivity contribution in [1.82, 2.24) is 15.6 Å². The van der Waals surface area contributed by atoms with E-state index in [1.165, 1.54) is 25.3 Å². The van der Waals surface area contributed by atoms with Gasteiger partial charge in [0.15, 0.2) is 0 Å². The van der Waals surface area contributed by atoms with Crippen LogP contribution in [-0.4, -0.2) is 22.3 Å². The van der Waals surface area contributed by atoms with E-state index in [0.29, 0.717) is 24.2 Å². The molecule has 11 heteroatoms. The minimum Gasteiger partial charge on any atom is -0.354 e. The van der Waals surface area contributed by atoms with E-state index in [4.69, 9.17) is 16.9 Å². The van der Waals surface area contributed by atoms with E-state index in [1.54, 1.807) is 12.1 Å². The zero-order valence-corrected chi connectivity index (χ0v) is 18.3. The molecule has 0 radical (unpaired) electrons. The lowest BCUT2D eigenvalue weighted by atomic mass is 9.75. The van der Waals surface area contributed by atoms with Crippen molar-refractivity contribution in [3.8, 4) is 6.07 Å². The Labute approximate surface area is 193 Å². The minimum atomic E-state index is -4.58. The van der Waals surface area contributed by atoms with Gasteiger partial charge in [-0.1, -0.05) is 11.6 Å². The Balaban J connectivity index is 1.62. The van der Waals surface area contributed by atoms with Crippen molar-refractivity contribution in [2.45, 2.75) is 44.4 Å². The average Bonchev–Trinajstić information content (AvgIpc) is 2.75. The average molecular weight is 480 g/mol. The maximum atomic E-state index is 13.2. The van der Waals surface area contributed by atoms with Crippen molar-refractivity contribution in [3.63, 3.8) is 0 Å². The Hall–Kier alpha value is -3.32. The molecule has 1 aliphatic carbocycles. The fourth-order valence-electron chi connectivity index (χ4n) is 3.30. The van der Waals surface area contributed by atoms with Crippen molar-refractivity contribution in [2.24, 2.45) is 5.92 Å². The molecular formula is C22H21ClF3N5O2. The van der Waals surface area contributed by atoms with E-state index in [-0.39, 0.29) is 23.2 Å². The minimum absolute atomic E-state index is 0.0282. The number of benzene rings is 1. The summed E-state index contributed by atoms with van der Waals surface area (Å²) in [5.41, 5.74) is -1.29. The summed E-state index contributed by atoms with van der Waals surface area (Å²) in [6, 6.07) is 8.37. The summed E-state index contributed by atoms with van der Waals surface area (Å²) in [5, 5.41) is 16.9. The highest BCUT2D eigenvalue weighted by molar-refractivity contribution is 6.30. The highest BCUT2D eigenvalue weighted by atomic mass is 35.5. The van der Waals surface area contributed by atoms with Crippen LogP contribution in [0, 0.1) is 17.2 Å². The fraction of sp³-hybridized carbons (Fsp3) is 0.364. The van der Waals surface area contributed by atoms with Gasteiger partial charge < -0.3 is 16.0 Å². The summed E-state index contributed by atoms with van der Waals surface area (Å²) in [4.78, 5) is 28.9. The number of rotatable bonds is 7. The summed E-state index contributed by atoms with van der Waals surface area (Å²) < 4.78 is 39.7. The van der Waals surface area contributed by atoms with Crippen LogP contribution in [0.4, 0.5) is 24.5 Å². The molecular weight excluding hydrogens is 459 g/mol. The summed E-state index contributed by atoms with van der Waals surface area (Å²) in [5.74, 6) is -1.73. The van der Waals surface area contributed by atoms with Gasteiger partial charge in [-0.3, -0.25) is 14.6 Å². The third-order valence-electron chi connectivity index (χ3n) is 5.41. The third kappa shape index (κ3) is 5.73. The summed E-state index contributed by atoms with van der Waals surface area (Å²) in [6.45, 7) is 1.53. The smallest absolute Gasteiger partial charge is 0.354 e. The topological polar surface area (TPSA) is 107 Å². The molecule has 1 atom stereocenters. The van der Waals surface area contributed by atoms with Crippen molar-refractivity contribution in [3.05, 3.63) is 52.8 Å². The van der Waals surface area contributed by atoms with Crippen LogP contribution in [0.15, 0.2) is 36.5 Å². The number of aromatic nitrogens is 1. The van der Waals surface area contributed by atoms with Gasteiger partial charge in [0.2, 0.25) is 11.8 Å². The Bertz CT molecular complexity index is 1080. The number of amides is 2. The predicted octanol–water partition coefficient (Wildman–Crippen LogP) is 4.31. The van der Waals surface area contributed by atoms with Gasteiger partial charge >= 0.3 is 6.18 Å². The first kappa shape index (κ1) is 24.3. The fourth-order valence-corrected chi connectivity index (χ4v) is 3.47. The number of alkyl halides is 3. The number of halogens is 4. The molecule has 2 amide bonds. The molecule has 33 heavy (non-hydrogen) atoms. The molecule has 1 heterocycles. The van der Waals surface area contributed by atoms with Gasteiger partial charge in [-0.2, -0.15) is 18.4 Å². The van der Waals surface area contributed by atoms with Crippen molar-refractivity contribution in [2.75, 3.05) is 5.32 Å². The van der Waals surface area contributed by atoms with E-state index in [2.05, 4.69) is 20.9 Å². The maximum Gasteiger partial charge on any atom is 0.418 e. The molecule has 1 aliphatic rings. The van der Waals surface area contributed by atoms with Gasteiger partial charge in [0.25, 0.3) is 0 Å².